The van der Waals surface area contributed by atoms with Crippen molar-refractivity contribution in [2.24, 2.45) is 0 Å². The van der Waals surface area contributed by atoms with Gasteiger partial charge in [0.2, 0.25) is 11.8 Å². The quantitative estimate of drug-likeness (QED) is 0.728. The Bertz CT molecular complexity index is 382. The number of nitrogens with one attached hydrogen (secondary N) is 2. The predicted octanol–water partition coefficient (Wildman–Crippen LogP) is 1.09. The predicted molar refractivity (Wildman–Crippen MR) is 71.5 cm³/mol. The van der Waals surface area contributed by atoms with Crippen LogP contribution in [0.1, 0.15) is 12.0 Å². The monoisotopic (exact) mass is 268 g/mol. The standard InChI is InChI=1S/C13H17ClN2O2/c14-10-13(18)16-9-7-12(17)15-8-6-11-4-2-1-3-5-11/h1-5H,6-10H2,(H,15,17)(H,16,18). The summed E-state index contributed by atoms with van der Waals surface area (Å²) in [5, 5.41) is 5.34. The van der Waals surface area contributed by atoms with Gasteiger partial charge in [-0.25, -0.2) is 0 Å². The van der Waals surface area contributed by atoms with E-state index in [1.54, 1.807) is 0 Å². The number of hydrogen-bond donors (Lipinski definition) is 2. The van der Waals surface area contributed by atoms with Crippen molar-refractivity contribution in [3.8, 4) is 0 Å². The van der Waals surface area contributed by atoms with Crippen LogP contribution in [-0.2, 0) is 16.0 Å². The Labute approximate surface area is 112 Å². The Hall–Kier alpha value is -1.55. The van der Waals surface area contributed by atoms with E-state index in [1.807, 2.05) is 30.3 Å². The molecule has 1 aromatic rings. The number of hydrogen-bond acceptors (Lipinski definition) is 2. The van der Waals surface area contributed by atoms with Crippen LogP contribution in [0.5, 0.6) is 0 Å². The van der Waals surface area contributed by atoms with Gasteiger partial charge in [-0.2, -0.15) is 0 Å². The molecule has 18 heavy (non-hydrogen) atoms. The number of alkyl halides is 1. The molecule has 5 heteroatoms. The van der Waals surface area contributed by atoms with Crippen LogP contribution >= 0.6 is 11.6 Å². The first-order valence-corrected chi connectivity index (χ1v) is 6.39. The van der Waals surface area contributed by atoms with Crippen LogP contribution in [-0.4, -0.2) is 30.8 Å². The third kappa shape index (κ3) is 6.25. The molecule has 0 aromatic heterocycles. The van der Waals surface area contributed by atoms with Crippen molar-refractivity contribution in [1.29, 1.82) is 0 Å². The minimum absolute atomic E-state index is 0.0687. The van der Waals surface area contributed by atoms with Crippen molar-refractivity contribution in [3.05, 3.63) is 35.9 Å². The molecule has 2 N–H and O–H groups in total. The van der Waals surface area contributed by atoms with Gasteiger partial charge >= 0.3 is 0 Å². The Morgan fingerprint density at radius 2 is 1.67 bits per heavy atom. The molecule has 0 bridgehead atoms. The van der Waals surface area contributed by atoms with E-state index in [0.717, 1.165) is 6.42 Å². The van der Waals surface area contributed by atoms with Gasteiger partial charge in [0, 0.05) is 19.5 Å². The van der Waals surface area contributed by atoms with E-state index in [-0.39, 0.29) is 24.1 Å². The van der Waals surface area contributed by atoms with E-state index in [9.17, 15) is 9.59 Å². The van der Waals surface area contributed by atoms with Crippen LogP contribution < -0.4 is 10.6 Å². The van der Waals surface area contributed by atoms with Gasteiger partial charge in [-0.05, 0) is 12.0 Å². The molecule has 0 heterocycles. The third-order valence-electron chi connectivity index (χ3n) is 2.37. The molecule has 4 nitrogen and oxygen atoms in total. The summed E-state index contributed by atoms with van der Waals surface area (Å²) in [6, 6.07) is 9.94. The zero-order valence-electron chi connectivity index (χ0n) is 10.1. The lowest BCUT2D eigenvalue weighted by molar-refractivity contribution is -0.121. The molecule has 0 aliphatic carbocycles. The summed E-state index contributed by atoms with van der Waals surface area (Å²) in [4.78, 5) is 22.2. The van der Waals surface area contributed by atoms with Crippen LogP contribution in [0.15, 0.2) is 30.3 Å². The first-order chi connectivity index (χ1) is 8.72. The molecule has 1 aromatic carbocycles. The van der Waals surface area contributed by atoms with E-state index >= 15 is 0 Å². The highest BCUT2D eigenvalue weighted by molar-refractivity contribution is 6.27. The molecule has 0 atom stereocenters. The van der Waals surface area contributed by atoms with Crippen molar-refractivity contribution in [2.45, 2.75) is 12.8 Å². The normalized spacial score (nSPS) is 9.83. The Kier molecular flexibility index (Phi) is 6.87. The molecule has 0 unspecified atom stereocenters. The fourth-order valence-electron chi connectivity index (χ4n) is 1.44. The van der Waals surface area contributed by atoms with Crippen molar-refractivity contribution in [3.63, 3.8) is 0 Å². The number of rotatable bonds is 7. The summed E-state index contributed by atoms with van der Waals surface area (Å²) < 4.78 is 0. The van der Waals surface area contributed by atoms with E-state index in [4.69, 9.17) is 11.6 Å². The van der Waals surface area contributed by atoms with Crippen LogP contribution in [0, 0.1) is 0 Å². The molecule has 0 spiro atoms. The Morgan fingerprint density at radius 1 is 1.00 bits per heavy atom. The smallest absolute Gasteiger partial charge is 0.234 e. The molecular formula is C13H17ClN2O2. The SMILES string of the molecule is O=C(CCl)NCCC(=O)NCCc1ccccc1. The van der Waals surface area contributed by atoms with Gasteiger partial charge in [-0.3, -0.25) is 9.59 Å². The molecule has 0 saturated carbocycles. The minimum atomic E-state index is -0.256. The minimum Gasteiger partial charge on any atom is -0.356 e. The summed E-state index contributed by atoms with van der Waals surface area (Å²) in [5.41, 5.74) is 1.19. The Balaban J connectivity index is 2.09. The third-order valence-corrected chi connectivity index (χ3v) is 2.62. The maximum atomic E-state index is 11.4. The van der Waals surface area contributed by atoms with E-state index in [2.05, 4.69) is 10.6 Å². The van der Waals surface area contributed by atoms with Crippen LogP contribution in [0.2, 0.25) is 0 Å². The zero-order chi connectivity index (χ0) is 13.2. The summed E-state index contributed by atoms with van der Waals surface area (Å²) in [7, 11) is 0. The summed E-state index contributed by atoms with van der Waals surface area (Å²) >= 11 is 5.31. The van der Waals surface area contributed by atoms with Gasteiger partial charge in [0.15, 0.2) is 0 Å². The van der Waals surface area contributed by atoms with Gasteiger partial charge < -0.3 is 10.6 Å². The number of amides is 2. The first kappa shape index (κ1) is 14.5. The zero-order valence-corrected chi connectivity index (χ0v) is 10.9. The van der Waals surface area contributed by atoms with Gasteiger partial charge in [-0.1, -0.05) is 30.3 Å². The van der Waals surface area contributed by atoms with Gasteiger partial charge in [0.1, 0.15) is 5.88 Å². The molecule has 0 aliphatic rings. The first-order valence-electron chi connectivity index (χ1n) is 5.85. The van der Waals surface area contributed by atoms with Gasteiger partial charge in [-0.15, -0.1) is 11.6 Å². The lowest BCUT2D eigenvalue weighted by Gasteiger charge is -2.06. The molecule has 0 saturated heterocycles. The lowest BCUT2D eigenvalue weighted by atomic mass is 10.1. The summed E-state index contributed by atoms with van der Waals surface area (Å²) in [6.07, 6.45) is 1.08. The average molecular weight is 269 g/mol. The van der Waals surface area contributed by atoms with Crippen molar-refractivity contribution in [2.75, 3.05) is 19.0 Å². The number of carbonyl (C=O) groups excluding carboxylic acids is 2. The fraction of sp³-hybridized carbons (Fsp3) is 0.385. The number of halogens is 1. The van der Waals surface area contributed by atoms with E-state index in [1.165, 1.54) is 5.56 Å². The molecule has 0 radical (unpaired) electrons. The van der Waals surface area contributed by atoms with Crippen molar-refractivity contribution >= 4 is 23.4 Å². The van der Waals surface area contributed by atoms with Crippen LogP contribution in [0.4, 0.5) is 0 Å². The topological polar surface area (TPSA) is 58.2 Å². The number of benzene rings is 1. The second-order valence-electron chi connectivity index (χ2n) is 3.82. The van der Waals surface area contributed by atoms with Crippen LogP contribution in [0.25, 0.3) is 0 Å². The van der Waals surface area contributed by atoms with E-state index < -0.39 is 0 Å². The molecule has 1 rings (SSSR count). The second kappa shape index (κ2) is 8.53. The molecule has 0 aliphatic heterocycles. The maximum Gasteiger partial charge on any atom is 0.234 e. The maximum absolute atomic E-state index is 11.4. The van der Waals surface area contributed by atoms with Gasteiger partial charge in [0.25, 0.3) is 0 Å². The fourth-order valence-corrected chi connectivity index (χ4v) is 1.54. The highest BCUT2D eigenvalue weighted by atomic mass is 35.5. The molecule has 98 valence electrons. The molecular weight excluding hydrogens is 252 g/mol. The Morgan fingerprint density at radius 3 is 2.33 bits per heavy atom. The lowest BCUT2D eigenvalue weighted by Crippen LogP contribution is -2.32. The summed E-state index contributed by atoms with van der Waals surface area (Å²) in [6.45, 7) is 0.926. The van der Waals surface area contributed by atoms with Crippen molar-refractivity contribution < 1.29 is 9.59 Å². The highest BCUT2D eigenvalue weighted by Crippen LogP contribution is 1.98. The highest BCUT2D eigenvalue weighted by Gasteiger charge is 2.02. The largest absolute Gasteiger partial charge is 0.356 e. The molecule has 0 fully saturated rings. The molecule has 2 amide bonds. The number of carbonyl (C=O) groups is 2. The average Bonchev–Trinajstić information content (AvgIpc) is 2.39. The van der Waals surface area contributed by atoms with E-state index in [0.29, 0.717) is 13.1 Å². The summed E-state index contributed by atoms with van der Waals surface area (Å²) in [5.74, 6) is -0.398. The second-order valence-corrected chi connectivity index (χ2v) is 4.09. The van der Waals surface area contributed by atoms with Crippen molar-refractivity contribution in [1.82, 2.24) is 10.6 Å². The van der Waals surface area contributed by atoms with Gasteiger partial charge in [0.05, 0.1) is 0 Å². The van der Waals surface area contributed by atoms with Crippen LogP contribution in [0.3, 0.4) is 0 Å².